The Morgan fingerprint density at radius 2 is 1.54 bits per heavy atom. The van der Waals surface area contributed by atoms with Crippen molar-refractivity contribution < 1.29 is 42.4 Å². The van der Waals surface area contributed by atoms with E-state index in [0.717, 1.165) is 5.57 Å². The van der Waals surface area contributed by atoms with Crippen LogP contribution < -0.4 is 0 Å². The second-order valence-electron chi connectivity index (χ2n) is 16.6. The van der Waals surface area contributed by atoms with Crippen LogP contribution in [0.2, 0.25) is 36.3 Å². The maximum Gasteiger partial charge on any atom is 0.337 e. The van der Waals surface area contributed by atoms with Crippen molar-refractivity contribution in [3.05, 3.63) is 23.5 Å². The van der Waals surface area contributed by atoms with Crippen molar-refractivity contribution in [2.24, 2.45) is 11.8 Å². The third-order valence-corrected chi connectivity index (χ3v) is 18.9. The highest BCUT2D eigenvalue weighted by atomic mass is 28.4. The molecule has 0 radical (unpaired) electrons. The number of esters is 1. The number of aliphatic hydroxyl groups is 1. The molecule has 0 aromatic carbocycles. The molecule has 0 saturated carbocycles. The van der Waals surface area contributed by atoms with E-state index in [1.807, 2.05) is 6.92 Å². The van der Waals surface area contributed by atoms with E-state index in [9.17, 15) is 9.90 Å². The second kappa shape index (κ2) is 17.0. The Morgan fingerprint density at radius 1 is 0.978 bits per heavy atom. The van der Waals surface area contributed by atoms with Gasteiger partial charge in [-0.2, -0.15) is 0 Å². The van der Waals surface area contributed by atoms with Crippen LogP contribution in [0, 0.1) is 11.8 Å². The summed E-state index contributed by atoms with van der Waals surface area (Å²) in [5.74, 6) is -1.23. The normalized spacial score (nSPS) is 20.6. The van der Waals surface area contributed by atoms with Gasteiger partial charge >= 0.3 is 5.97 Å². The first kappa shape index (κ1) is 43.0. The number of ether oxygens (including phenoxy) is 5. The zero-order valence-corrected chi connectivity index (χ0v) is 34.2. The summed E-state index contributed by atoms with van der Waals surface area (Å²) in [6.45, 7) is 32.3. The minimum atomic E-state index is -2.26. The number of carbonyl (C=O) groups is 1. The van der Waals surface area contributed by atoms with E-state index in [0.29, 0.717) is 25.2 Å². The van der Waals surface area contributed by atoms with Crippen LogP contribution >= 0.6 is 0 Å². The average Bonchev–Trinajstić information content (AvgIpc) is 2.88. The fraction of sp³-hybridized carbons (Fsp3) is 0.857. The van der Waals surface area contributed by atoms with Gasteiger partial charge in [0.1, 0.15) is 12.6 Å². The third-order valence-electron chi connectivity index (χ3n) is 9.90. The second-order valence-corrected chi connectivity index (χ2v) is 26.1. The van der Waals surface area contributed by atoms with Crippen LogP contribution in [-0.4, -0.2) is 85.5 Å². The first-order chi connectivity index (χ1) is 20.8. The molecule has 0 aliphatic carbocycles. The van der Waals surface area contributed by atoms with E-state index in [4.69, 9.17) is 32.5 Å². The van der Waals surface area contributed by atoms with Crippen molar-refractivity contribution in [3.8, 4) is 0 Å². The van der Waals surface area contributed by atoms with Gasteiger partial charge in [0.25, 0.3) is 0 Å². The number of methoxy groups -OCH3 is 2. The molecule has 0 unspecified atom stereocenters. The van der Waals surface area contributed by atoms with Gasteiger partial charge in [-0.05, 0) is 49.6 Å². The molecule has 0 amide bonds. The Morgan fingerprint density at radius 3 is 2.02 bits per heavy atom. The third kappa shape index (κ3) is 13.1. The summed E-state index contributed by atoms with van der Waals surface area (Å²) >= 11 is 0. The van der Waals surface area contributed by atoms with Crippen molar-refractivity contribution in [1.82, 2.24) is 0 Å². The van der Waals surface area contributed by atoms with Crippen LogP contribution in [0.5, 0.6) is 0 Å². The molecule has 0 aromatic heterocycles. The zero-order chi connectivity index (χ0) is 35.9. The predicted molar refractivity (Wildman–Crippen MR) is 189 cm³/mol. The Bertz CT molecular complexity index is 1020. The first-order valence-corrected chi connectivity index (χ1v) is 22.5. The number of hydrogen-bond acceptors (Lipinski definition) is 9. The van der Waals surface area contributed by atoms with Gasteiger partial charge in [-0.15, -0.1) is 0 Å². The molecule has 0 bridgehead atoms. The number of carbonyl (C=O) groups excluding carboxylic acids is 1. The van der Waals surface area contributed by atoms with E-state index in [1.165, 1.54) is 6.08 Å². The average molecular weight is 689 g/mol. The van der Waals surface area contributed by atoms with Gasteiger partial charge in [0.15, 0.2) is 16.6 Å². The summed E-state index contributed by atoms with van der Waals surface area (Å²) in [7, 11) is -0.928. The summed E-state index contributed by atoms with van der Waals surface area (Å²) < 4.78 is 42.5. The van der Waals surface area contributed by atoms with Crippen molar-refractivity contribution in [2.75, 3.05) is 27.6 Å². The molecular weight excluding hydrogens is 621 g/mol. The highest BCUT2D eigenvalue weighted by molar-refractivity contribution is 6.74. The van der Waals surface area contributed by atoms with Gasteiger partial charge in [-0.25, -0.2) is 4.79 Å². The van der Waals surface area contributed by atoms with Crippen LogP contribution in [0.1, 0.15) is 89.0 Å². The lowest BCUT2D eigenvalue weighted by Gasteiger charge is -2.45. The molecule has 0 spiro atoms. The Balaban J connectivity index is 3.37. The highest BCUT2D eigenvalue weighted by Crippen LogP contribution is 2.41. The molecule has 1 heterocycles. The molecule has 11 heteroatoms. The number of hydrogen-bond donors (Lipinski definition) is 1. The van der Waals surface area contributed by atoms with Crippen molar-refractivity contribution in [3.63, 3.8) is 0 Å². The number of aliphatic hydroxyl groups excluding tert-OH is 1. The van der Waals surface area contributed by atoms with Crippen LogP contribution in [-0.2, 0) is 37.3 Å². The standard InChI is InChI=1S/C35H68O9Si2/c1-24(18-27(36)22-41-45(14,15)33(4,5)6)19-29(39-13)25(2)32(44-46(16,17)34(7,8)9)26(3)30(40-23-38-12)20-28-21-31(37)43-35(10,11)42-28/h19,21,25-27,29-30,32,36H,18,20,22-23H2,1-17H3/b24-19+/t25-,26-,27+,29-,30+,32+/m1/s1. The largest absolute Gasteiger partial charge is 0.457 e. The molecular formula is C35H68O9Si2. The van der Waals surface area contributed by atoms with E-state index in [-0.39, 0.29) is 47.0 Å². The SMILES string of the molecule is COCO[C@@H](CC1=CC(=O)OC(C)(C)O1)[C@@H](C)[C@@H](O[Si](C)(C)C(C)(C)C)[C@H](C)[C@@H](/C=C(\C)C[C@H](O)CO[Si](C)(C)C(C)(C)C)OC. The maximum atomic E-state index is 12.3. The van der Waals surface area contributed by atoms with E-state index in [2.05, 4.69) is 87.7 Å². The van der Waals surface area contributed by atoms with Crippen molar-refractivity contribution >= 4 is 22.6 Å². The lowest BCUT2D eigenvalue weighted by atomic mass is 9.84. The molecule has 1 aliphatic rings. The van der Waals surface area contributed by atoms with Crippen LogP contribution in [0.15, 0.2) is 23.5 Å². The fourth-order valence-electron chi connectivity index (χ4n) is 4.96. The van der Waals surface area contributed by atoms with Crippen molar-refractivity contribution in [1.29, 1.82) is 0 Å². The zero-order valence-electron chi connectivity index (χ0n) is 32.2. The summed E-state index contributed by atoms with van der Waals surface area (Å²) in [6.07, 6.45) is 2.77. The van der Waals surface area contributed by atoms with Gasteiger partial charge in [0, 0.05) is 46.3 Å². The molecule has 1 rings (SSSR count). The summed E-state index contributed by atoms with van der Waals surface area (Å²) in [6, 6.07) is 0. The van der Waals surface area contributed by atoms with Crippen LogP contribution in [0.4, 0.5) is 0 Å². The number of cyclic esters (lactones) is 1. The maximum absolute atomic E-state index is 12.3. The predicted octanol–water partition coefficient (Wildman–Crippen LogP) is 7.96. The molecule has 270 valence electrons. The minimum Gasteiger partial charge on any atom is -0.457 e. The van der Waals surface area contributed by atoms with Crippen LogP contribution in [0.25, 0.3) is 0 Å². The fourth-order valence-corrected chi connectivity index (χ4v) is 7.47. The first-order valence-electron chi connectivity index (χ1n) is 16.7. The number of rotatable bonds is 18. The Hall–Kier alpha value is -1.06. The van der Waals surface area contributed by atoms with Gasteiger partial charge < -0.3 is 37.6 Å². The van der Waals surface area contributed by atoms with Crippen molar-refractivity contribution in [2.45, 2.75) is 155 Å². The van der Waals surface area contributed by atoms with Gasteiger partial charge in [-0.3, -0.25) is 0 Å². The van der Waals surface area contributed by atoms with Crippen LogP contribution in [0.3, 0.4) is 0 Å². The lowest BCUT2D eigenvalue weighted by Crippen LogP contribution is -2.51. The molecule has 9 nitrogen and oxygen atoms in total. The topological polar surface area (TPSA) is 102 Å². The summed E-state index contributed by atoms with van der Waals surface area (Å²) in [5, 5.41) is 10.9. The molecule has 1 N–H and O–H groups in total. The molecule has 0 saturated heterocycles. The quantitative estimate of drug-likeness (QED) is 0.0665. The van der Waals surface area contributed by atoms with E-state index < -0.39 is 34.5 Å². The summed E-state index contributed by atoms with van der Waals surface area (Å²) in [5.41, 5.74) is 1.03. The van der Waals surface area contributed by atoms with Gasteiger partial charge in [0.2, 0.25) is 5.79 Å². The minimum absolute atomic E-state index is 0.0288. The highest BCUT2D eigenvalue weighted by Gasteiger charge is 2.45. The molecule has 6 atom stereocenters. The van der Waals surface area contributed by atoms with Gasteiger partial charge in [-0.1, -0.05) is 67.0 Å². The summed E-state index contributed by atoms with van der Waals surface area (Å²) in [4.78, 5) is 12.3. The molecule has 46 heavy (non-hydrogen) atoms. The Kier molecular flexibility index (Phi) is 15.9. The lowest BCUT2D eigenvalue weighted by molar-refractivity contribution is -0.208. The smallest absolute Gasteiger partial charge is 0.337 e. The van der Waals surface area contributed by atoms with E-state index >= 15 is 0 Å². The monoisotopic (exact) mass is 688 g/mol. The van der Waals surface area contributed by atoms with Gasteiger partial charge in [0.05, 0.1) is 37.1 Å². The molecule has 0 fully saturated rings. The molecule has 1 aliphatic heterocycles. The molecule has 0 aromatic rings. The Labute approximate surface area is 283 Å². The van der Waals surface area contributed by atoms with E-state index in [1.54, 1.807) is 28.1 Å².